The Labute approximate surface area is 160 Å². The summed E-state index contributed by atoms with van der Waals surface area (Å²) in [6, 6.07) is 17.7. The molecule has 0 saturated heterocycles. The van der Waals surface area contributed by atoms with Crippen molar-refractivity contribution >= 4 is 11.6 Å². The summed E-state index contributed by atoms with van der Waals surface area (Å²) in [5.41, 5.74) is 3.57. The Morgan fingerprint density at radius 1 is 1.00 bits per heavy atom. The topological polar surface area (TPSA) is 58.1 Å². The molecule has 3 rings (SSSR count). The first-order valence-electron chi connectivity index (χ1n) is 9.07. The number of aromatic nitrogens is 2. The first kappa shape index (κ1) is 18.6. The minimum Gasteiger partial charge on any atom is -0.380 e. The summed E-state index contributed by atoms with van der Waals surface area (Å²) in [7, 11) is 0. The molecule has 27 heavy (non-hydrogen) atoms. The van der Waals surface area contributed by atoms with Gasteiger partial charge in [-0.2, -0.15) is 0 Å². The average Bonchev–Trinajstić information content (AvgIpc) is 2.72. The van der Waals surface area contributed by atoms with Crippen molar-refractivity contribution in [3.05, 3.63) is 90.0 Å². The number of anilines is 1. The molecule has 1 amide bonds. The van der Waals surface area contributed by atoms with E-state index in [4.69, 9.17) is 0 Å². The zero-order chi connectivity index (χ0) is 19.1. The normalized spacial score (nSPS) is 10.6. The van der Waals surface area contributed by atoms with Gasteiger partial charge in [0.2, 0.25) is 0 Å². The standard InChI is InChI=1S/C22H24N4O/c1-17(2)26(16-19-6-4-3-5-7-19)22(27)21-9-8-20(15-25-21)24-14-18-10-12-23-13-11-18/h3-13,15,17,24H,14,16H2,1-2H3. The molecule has 2 heterocycles. The van der Waals surface area contributed by atoms with Crippen LogP contribution in [0.2, 0.25) is 0 Å². The third-order valence-corrected chi connectivity index (χ3v) is 4.31. The minimum atomic E-state index is -0.0606. The van der Waals surface area contributed by atoms with E-state index in [-0.39, 0.29) is 11.9 Å². The molecule has 5 nitrogen and oxygen atoms in total. The van der Waals surface area contributed by atoms with E-state index in [2.05, 4.69) is 15.3 Å². The first-order chi connectivity index (χ1) is 13.1. The number of amides is 1. The number of nitrogens with one attached hydrogen (secondary N) is 1. The Kier molecular flexibility index (Phi) is 6.15. The molecule has 3 aromatic rings. The second-order valence-corrected chi connectivity index (χ2v) is 6.65. The molecule has 0 atom stereocenters. The van der Waals surface area contributed by atoms with E-state index in [0.717, 1.165) is 16.8 Å². The predicted molar refractivity (Wildman–Crippen MR) is 107 cm³/mol. The average molecular weight is 360 g/mol. The summed E-state index contributed by atoms with van der Waals surface area (Å²) in [6.45, 7) is 5.29. The maximum absolute atomic E-state index is 12.9. The SMILES string of the molecule is CC(C)N(Cc1ccccc1)C(=O)c1ccc(NCc2ccncc2)cn1. The van der Waals surface area contributed by atoms with E-state index in [9.17, 15) is 4.79 Å². The number of hydrogen-bond acceptors (Lipinski definition) is 4. The molecule has 1 N–H and O–H groups in total. The molecule has 138 valence electrons. The third kappa shape index (κ3) is 5.14. The summed E-state index contributed by atoms with van der Waals surface area (Å²) < 4.78 is 0. The van der Waals surface area contributed by atoms with Crippen LogP contribution >= 0.6 is 0 Å². The Morgan fingerprint density at radius 2 is 1.74 bits per heavy atom. The Hall–Kier alpha value is -3.21. The van der Waals surface area contributed by atoms with Gasteiger partial charge in [0.1, 0.15) is 5.69 Å². The van der Waals surface area contributed by atoms with Crippen LogP contribution in [0.25, 0.3) is 0 Å². The van der Waals surface area contributed by atoms with E-state index in [1.54, 1.807) is 24.7 Å². The van der Waals surface area contributed by atoms with Gasteiger partial charge >= 0.3 is 0 Å². The molecular formula is C22H24N4O. The van der Waals surface area contributed by atoms with Crippen molar-refractivity contribution in [1.29, 1.82) is 0 Å². The lowest BCUT2D eigenvalue weighted by atomic mass is 10.1. The number of nitrogens with zero attached hydrogens (tertiary/aromatic N) is 3. The number of carbonyl (C=O) groups is 1. The van der Waals surface area contributed by atoms with Gasteiger partial charge in [-0.1, -0.05) is 30.3 Å². The van der Waals surface area contributed by atoms with Gasteiger partial charge in [0.15, 0.2) is 0 Å². The van der Waals surface area contributed by atoms with Crippen LogP contribution in [0.5, 0.6) is 0 Å². The second kappa shape index (κ2) is 8.94. The van der Waals surface area contributed by atoms with E-state index in [1.807, 2.05) is 67.3 Å². The Bertz CT molecular complexity index is 849. The molecule has 0 saturated carbocycles. The maximum atomic E-state index is 12.9. The first-order valence-corrected chi connectivity index (χ1v) is 9.07. The molecular weight excluding hydrogens is 336 g/mol. The third-order valence-electron chi connectivity index (χ3n) is 4.31. The Morgan fingerprint density at radius 3 is 2.37 bits per heavy atom. The smallest absolute Gasteiger partial charge is 0.272 e. The van der Waals surface area contributed by atoms with Gasteiger partial charge in [0, 0.05) is 31.5 Å². The van der Waals surface area contributed by atoms with Crippen LogP contribution in [0.4, 0.5) is 5.69 Å². The molecule has 1 aromatic carbocycles. The van der Waals surface area contributed by atoms with E-state index >= 15 is 0 Å². The summed E-state index contributed by atoms with van der Waals surface area (Å²) in [5, 5.41) is 3.30. The van der Waals surface area contributed by atoms with Crippen molar-refractivity contribution in [2.24, 2.45) is 0 Å². The number of carbonyl (C=O) groups excluding carboxylic acids is 1. The monoisotopic (exact) mass is 360 g/mol. The highest BCUT2D eigenvalue weighted by Gasteiger charge is 2.20. The quantitative estimate of drug-likeness (QED) is 0.688. The van der Waals surface area contributed by atoms with Crippen molar-refractivity contribution in [3.8, 4) is 0 Å². The summed E-state index contributed by atoms with van der Waals surface area (Å²) in [6.07, 6.45) is 5.24. The summed E-state index contributed by atoms with van der Waals surface area (Å²) in [5.74, 6) is -0.0606. The van der Waals surface area contributed by atoms with Crippen molar-refractivity contribution in [2.45, 2.75) is 33.0 Å². The van der Waals surface area contributed by atoms with E-state index < -0.39 is 0 Å². The van der Waals surface area contributed by atoms with Crippen LogP contribution < -0.4 is 5.32 Å². The van der Waals surface area contributed by atoms with Gasteiger partial charge in [0.25, 0.3) is 5.91 Å². The molecule has 0 spiro atoms. The molecule has 0 aliphatic carbocycles. The van der Waals surface area contributed by atoms with E-state index in [1.165, 1.54) is 0 Å². The van der Waals surface area contributed by atoms with Crippen molar-refractivity contribution < 1.29 is 4.79 Å². The maximum Gasteiger partial charge on any atom is 0.272 e. The van der Waals surface area contributed by atoms with Crippen LogP contribution in [-0.4, -0.2) is 26.8 Å². The van der Waals surface area contributed by atoms with Gasteiger partial charge in [-0.25, -0.2) is 4.98 Å². The highest BCUT2D eigenvalue weighted by Crippen LogP contribution is 2.14. The fraction of sp³-hybridized carbons (Fsp3) is 0.227. The van der Waals surface area contributed by atoms with Gasteiger partial charge < -0.3 is 10.2 Å². The van der Waals surface area contributed by atoms with Crippen LogP contribution in [0.15, 0.2) is 73.2 Å². The van der Waals surface area contributed by atoms with Gasteiger partial charge in [-0.3, -0.25) is 9.78 Å². The Balaban J connectivity index is 1.66. The largest absolute Gasteiger partial charge is 0.380 e. The van der Waals surface area contributed by atoms with Crippen molar-refractivity contribution in [3.63, 3.8) is 0 Å². The summed E-state index contributed by atoms with van der Waals surface area (Å²) in [4.78, 5) is 23.1. The number of benzene rings is 1. The summed E-state index contributed by atoms with van der Waals surface area (Å²) >= 11 is 0. The van der Waals surface area contributed by atoms with Crippen LogP contribution in [0.1, 0.15) is 35.5 Å². The molecule has 0 aliphatic heterocycles. The van der Waals surface area contributed by atoms with Crippen LogP contribution in [-0.2, 0) is 13.1 Å². The van der Waals surface area contributed by atoms with E-state index in [0.29, 0.717) is 18.8 Å². The molecule has 0 fully saturated rings. The van der Waals surface area contributed by atoms with Gasteiger partial charge in [-0.05, 0) is 49.2 Å². The second-order valence-electron chi connectivity index (χ2n) is 6.65. The molecule has 0 unspecified atom stereocenters. The van der Waals surface area contributed by atoms with Gasteiger partial charge in [-0.15, -0.1) is 0 Å². The zero-order valence-corrected chi connectivity index (χ0v) is 15.7. The van der Waals surface area contributed by atoms with Gasteiger partial charge in [0.05, 0.1) is 11.9 Å². The molecule has 5 heteroatoms. The lowest BCUT2D eigenvalue weighted by Gasteiger charge is -2.26. The lowest BCUT2D eigenvalue weighted by molar-refractivity contribution is 0.0684. The molecule has 0 bridgehead atoms. The molecule has 2 aromatic heterocycles. The highest BCUT2D eigenvalue weighted by atomic mass is 16.2. The van der Waals surface area contributed by atoms with Crippen molar-refractivity contribution in [1.82, 2.24) is 14.9 Å². The number of pyridine rings is 2. The van der Waals surface area contributed by atoms with Crippen LogP contribution in [0.3, 0.4) is 0 Å². The molecule has 0 aliphatic rings. The zero-order valence-electron chi connectivity index (χ0n) is 15.7. The number of hydrogen-bond donors (Lipinski definition) is 1. The highest BCUT2D eigenvalue weighted by molar-refractivity contribution is 5.92. The molecule has 0 radical (unpaired) electrons. The predicted octanol–water partition coefficient (Wildman–Crippen LogP) is 4.14. The van der Waals surface area contributed by atoms with Crippen molar-refractivity contribution in [2.75, 3.05) is 5.32 Å². The van der Waals surface area contributed by atoms with Crippen LogP contribution in [0, 0.1) is 0 Å². The fourth-order valence-electron chi connectivity index (χ4n) is 2.75. The number of rotatable bonds is 7. The minimum absolute atomic E-state index is 0.0606. The fourth-order valence-corrected chi connectivity index (χ4v) is 2.75. The lowest BCUT2D eigenvalue weighted by Crippen LogP contribution is -2.36.